The van der Waals surface area contributed by atoms with E-state index in [9.17, 15) is 9.59 Å². The summed E-state index contributed by atoms with van der Waals surface area (Å²) in [6.45, 7) is 1.94. The number of nitrogens with one attached hydrogen (secondary N) is 2. The molecule has 0 fully saturated rings. The summed E-state index contributed by atoms with van der Waals surface area (Å²) in [5.41, 5.74) is 2.14. The lowest BCUT2D eigenvalue weighted by Gasteiger charge is -2.20. The van der Waals surface area contributed by atoms with Crippen molar-refractivity contribution in [1.82, 2.24) is 5.32 Å². The molecule has 0 bridgehead atoms. The van der Waals surface area contributed by atoms with Crippen molar-refractivity contribution in [3.63, 3.8) is 0 Å². The third-order valence-corrected chi connectivity index (χ3v) is 3.99. The number of benzene rings is 2. The average molecular weight is 369 g/mol. The Kier molecular flexibility index (Phi) is 5.39. The van der Waals surface area contributed by atoms with E-state index in [4.69, 9.17) is 16.0 Å². The van der Waals surface area contributed by atoms with Crippen molar-refractivity contribution in [3.05, 3.63) is 88.8 Å². The molecule has 1 heterocycles. The largest absolute Gasteiger partial charge is 0.459 e. The normalized spacial score (nSPS) is 11.6. The highest BCUT2D eigenvalue weighted by atomic mass is 35.5. The smallest absolute Gasteiger partial charge is 0.288 e. The van der Waals surface area contributed by atoms with Gasteiger partial charge in [-0.2, -0.15) is 0 Å². The molecule has 1 atom stereocenters. The van der Waals surface area contributed by atoms with Crippen molar-refractivity contribution in [2.75, 3.05) is 5.32 Å². The molecule has 0 saturated heterocycles. The van der Waals surface area contributed by atoms with Gasteiger partial charge in [-0.1, -0.05) is 47.5 Å². The van der Waals surface area contributed by atoms with E-state index in [1.807, 2.05) is 19.1 Å². The van der Waals surface area contributed by atoms with Crippen molar-refractivity contribution < 1.29 is 14.0 Å². The molecule has 26 heavy (non-hydrogen) atoms. The van der Waals surface area contributed by atoms with E-state index < -0.39 is 12.1 Å². The molecule has 6 heteroatoms. The van der Waals surface area contributed by atoms with Crippen LogP contribution in [0, 0.1) is 6.92 Å². The zero-order valence-electron chi connectivity index (χ0n) is 14.0. The number of ketones is 1. The van der Waals surface area contributed by atoms with Crippen LogP contribution in [0.3, 0.4) is 0 Å². The summed E-state index contributed by atoms with van der Waals surface area (Å²) in [5.74, 6) is -0.639. The molecule has 132 valence electrons. The standard InChI is InChI=1S/C20H17ClN2O3/c1-13-7-9-14(10-8-13)18(24)19(22-16-5-2-4-15(21)12-16)23-20(25)17-6-3-11-26-17/h2-12,19,22H,1H3,(H,23,25). The van der Waals surface area contributed by atoms with E-state index in [-0.39, 0.29) is 11.5 Å². The zero-order valence-corrected chi connectivity index (χ0v) is 14.8. The molecule has 0 spiro atoms. The van der Waals surface area contributed by atoms with E-state index >= 15 is 0 Å². The second kappa shape index (κ2) is 7.89. The van der Waals surface area contributed by atoms with E-state index in [2.05, 4.69) is 10.6 Å². The minimum absolute atomic E-state index is 0.125. The van der Waals surface area contributed by atoms with Gasteiger partial charge in [0.05, 0.1) is 6.26 Å². The predicted octanol–water partition coefficient (Wildman–Crippen LogP) is 4.29. The fourth-order valence-corrected chi connectivity index (χ4v) is 2.60. The molecule has 2 N–H and O–H groups in total. The number of hydrogen-bond acceptors (Lipinski definition) is 4. The molecule has 2 aromatic carbocycles. The number of anilines is 1. The summed E-state index contributed by atoms with van der Waals surface area (Å²) in [6.07, 6.45) is 0.421. The molecule has 5 nitrogen and oxygen atoms in total. The highest BCUT2D eigenvalue weighted by molar-refractivity contribution is 6.30. The summed E-state index contributed by atoms with van der Waals surface area (Å²) in [6, 6.07) is 17.2. The maximum atomic E-state index is 12.9. The molecule has 1 aromatic heterocycles. The first-order valence-corrected chi connectivity index (χ1v) is 8.38. The SMILES string of the molecule is Cc1ccc(C(=O)C(NC(=O)c2ccco2)Nc2cccc(Cl)c2)cc1. The van der Waals surface area contributed by atoms with Crippen LogP contribution < -0.4 is 10.6 Å². The van der Waals surface area contributed by atoms with Gasteiger partial charge in [0.25, 0.3) is 5.91 Å². The maximum Gasteiger partial charge on any atom is 0.288 e. The van der Waals surface area contributed by atoms with Crippen molar-refractivity contribution in [3.8, 4) is 0 Å². The summed E-state index contributed by atoms with van der Waals surface area (Å²) in [4.78, 5) is 25.2. The Balaban J connectivity index is 1.86. The van der Waals surface area contributed by atoms with Crippen LogP contribution in [0.1, 0.15) is 26.5 Å². The van der Waals surface area contributed by atoms with Crippen molar-refractivity contribution in [2.45, 2.75) is 13.1 Å². The molecule has 1 unspecified atom stereocenters. The highest BCUT2D eigenvalue weighted by Crippen LogP contribution is 2.17. The number of furan rings is 1. The van der Waals surface area contributed by atoms with E-state index in [0.717, 1.165) is 5.56 Å². The summed E-state index contributed by atoms with van der Waals surface area (Å²) < 4.78 is 5.09. The Morgan fingerprint density at radius 2 is 1.81 bits per heavy atom. The molecule has 0 aliphatic heterocycles. The van der Waals surface area contributed by atoms with Crippen LogP contribution >= 0.6 is 11.6 Å². The third kappa shape index (κ3) is 4.32. The Morgan fingerprint density at radius 3 is 2.46 bits per heavy atom. The first kappa shape index (κ1) is 17.8. The zero-order chi connectivity index (χ0) is 18.5. The monoisotopic (exact) mass is 368 g/mol. The lowest BCUT2D eigenvalue weighted by atomic mass is 10.1. The number of carbonyl (C=O) groups is 2. The Labute approximate surface area is 156 Å². The number of carbonyl (C=O) groups excluding carboxylic acids is 2. The second-order valence-corrected chi connectivity index (χ2v) is 6.21. The van der Waals surface area contributed by atoms with Crippen LogP contribution in [0.15, 0.2) is 71.3 Å². The fraction of sp³-hybridized carbons (Fsp3) is 0.100. The molecular formula is C20H17ClN2O3. The van der Waals surface area contributed by atoms with Crippen molar-refractivity contribution >= 4 is 29.0 Å². The minimum atomic E-state index is -0.978. The van der Waals surface area contributed by atoms with Crippen LogP contribution in [0.5, 0.6) is 0 Å². The Morgan fingerprint density at radius 1 is 1.04 bits per heavy atom. The molecule has 0 aliphatic carbocycles. The van der Waals surface area contributed by atoms with Gasteiger partial charge in [0.15, 0.2) is 11.9 Å². The number of halogens is 1. The fourth-order valence-electron chi connectivity index (χ4n) is 2.41. The molecular weight excluding hydrogens is 352 g/mol. The van der Waals surface area contributed by atoms with Crippen molar-refractivity contribution in [2.24, 2.45) is 0 Å². The third-order valence-electron chi connectivity index (χ3n) is 3.75. The van der Waals surface area contributed by atoms with Gasteiger partial charge in [0.1, 0.15) is 0 Å². The summed E-state index contributed by atoms with van der Waals surface area (Å²) >= 11 is 6.00. The molecule has 0 saturated carbocycles. The number of amides is 1. The van der Waals surface area contributed by atoms with Crippen LogP contribution in [0.25, 0.3) is 0 Å². The van der Waals surface area contributed by atoms with Crippen molar-refractivity contribution in [1.29, 1.82) is 0 Å². The van der Waals surface area contributed by atoms with E-state index in [1.165, 1.54) is 12.3 Å². The number of Topliss-reactive ketones (excluding diaryl/α,β-unsaturated/α-hetero) is 1. The summed E-state index contributed by atoms with van der Waals surface area (Å²) in [7, 11) is 0. The topological polar surface area (TPSA) is 71.3 Å². The average Bonchev–Trinajstić information content (AvgIpc) is 3.16. The Hall–Kier alpha value is -3.05. The quantitative estimate of drug-likeness (QED) is 0.503. The lowest BCUT2D eigenvalue weighted by molar-refractivity contribution is 0.0853. The molecule has 0 radical (unpaired) electrons. The highest BCUT2D eigenvalue weighted by Gasteiger charge is 2.23. The maximum absolute atomic E-state index is 12.9. The van der Waals surface area contributed by atoms with Gasteiger partial charge >= 0.3 is 0 Å². The number of hydrogen-bond donors (Lipinski definition) is 2. The van der Waals surface area contributed by atoms with Gasteiger partial charge < -0.3 is 15.1 Å². The Bertz CT molecular complexity index is 905. The van der Waals surface area contributed by atoms with Gasteiger partial charge in [-0.25, -0.2) is 0 Å². The van der Waals surface area contributed by atoms with Crippen LogP contribution in [0.4, 0.5) is 5.69 Å². The van der Waals surface area contributed by atoms with Crippen LogP contribution in [-0.2, 0) is 0 Å². The second-order valence-electron chi connectivity index (χ2n) is 5.77. The minimum Gasteiger partial charge on any atom is -0.459 e. The van der Waals surface area contributed by atoms with Gasteiger partial charge in [-0.05, 0) is 37.3 Å². The first-order valence-electron chi connectivity index (χ1n) is 8.00. The van der Waals surface area contributed by atoms with E-state index in [1.54, 1.807) is 42.5 Å². The van der Waals surface area contributed by atoms with Gasteiger partial charge in [-0.3, -0.25) is 9.59 Å². The van der Waals surface area contributed by atoms with Gasteiger partial charge in [0.2, 0.25) is 5.78 Å². The number of rotatable bonds is 6. The molecule has 3 aromatic rings. The molecule has 1 amide bonds. The van der Waals surface area contributed by atoms with Gasteiger partial charge in [-0.15, -0.1) is 0 Å². The number of aryl methyl sites for hydroxylation is 1. The lowest BCUT2D eigenvalue weighted by Crippen LogP contribution is -2.46. The first-order chi connectivity index (χ1) is 12.5. The molecule has 3 rings (SSSR count). The van der Waals surface area contributed by atoms with Gasteiger partial charge in [0, 0.05) is 16.3 Å². The predicted molar refractivity (Wildman–Crippen MR) is 101 cm³/mol. The summed E-state index contributed by atoms with van der Waals surface area (Å²) in [5, 5.41) is 6.20. The van der Waals surface area contributed by atoms with Crippen LogP contribution in [-0.4, -0.2) is 17.9 Å². The molecule has 0 aliphatic rings. The van der Waals surface area contributed by atoms with Crippen LogP contribution in [0.2, 0.25) is 5.02 Å². The van der Waals surface area contributed by atoms with E-state index in [0.29, 0.717) is 16.3 Å².